The molecule has 1 aromatic carbocycles. The molecule has 2 rings (SSSR count). The van der Waals surface area contributed by atoms with Crippen molar-refractivity contribution in [3.05, 3.63) is 64.3 Å². The maximum atomic E-state index is 11.7. The maximum absolute atomic E-state index is 11.7. The summed E-state index contributed by atoms with van der Waals surface area (Å²) in [6.45, 7) is 0. The smallest absolute Gasteiger partial charge is 0.249 e. The molecule has 0 unspecified atom stereocenters. The summed E-state index contributed by atoms with van der Waals surface area (Å²) < 4.78 is 0. The van der Waals surface area contributed by atoms with Gasteiger partial charge in [-0.25, -0.2) is 4.98 Å². The Morgan fingerprint density at radius 2 is 2.00 bits per heavy atom. The van der Waals surface area contributed by atoms with Crippen molar-refractivity contribution < 1.29 is 4.79 Å². The number of benzene rings is 1. The van der Waals surface area contributed by atoms with Gasteiger partial charge >= 0.3 is 0 Å². The number of rotatable bonds is 3. The number of nitrogens with one attached hydrogen (secondary N) is 1. The number of pyridine rings is 1. The standard InChI is InChI=1S/C14H10Cl2N2O/c15-11-3-1-2-10(8-11)4-7-14(19)18-13-6-5-12(16)9-17-13/h1-9H,(H,17,18,19)/b7-4+. The molecule has 0 saturated carbocycles. The summed E-state index contributed by atoms with van der Waals surface area (Å²) in [5.74, 6) is 0.181. The van der Waals surface area contributed by atoms with Crippen LogP contribution in [0.1, 0.15) is 5.56 Å². The lowest BCUT2D eigenvalue weighted by Crippen LogP contribution is -2.08. The molecule has 0 saturated heterocycles. The lowest BCUT2D eigenvalue weighted by Gasteiger charge is -2.00. The van der Waals surface area contributed by atoms with Crippen LogP contribution in [0.5, 0.6) is 0 Å². The van der Waals surface area contributed by atoms with Crippen molar-refractivity contribution in [2.45, 2.75) is 0 Å². The number of nitrogens with zero attached hydrogens (tertiary/aromatic N) is 1. The molecule has 1 aromatic heterocycles. The third-order valence-electron chi connectivity index (χ3n) is 2.25. The summed E-state index contributed by atoms with van der Waals surface area (Å²) in [5.41, 5.74) is 0.853. The number of carbonyl (C=O) groups is 1. The van der Waals surface area contributed by atoms with Gasteiger partial charge in [0.2, 0.25) is 5.91 Å². The Balaban J connectivity index is 1.99. The predicted octanol–water partition coefficient (Wildman–Crippen LogP) is 4.04. The SMILES string of the molecule is O=C(/C=C/c1cccc(Cl)c1)Nc1ccc(Cl)cn1. The zero-order valence-electron chi connectivity index (χ0n) is 9.81. The van der Waals surface area contributed by atoms with Crippen LogP contribution in [0.25, 0.3) is 6.08 Å². The van der Waals surface area contributed by atoms with E-state index in [4.69, 9.17) is 23.2 Å². The van der Waals surface area contributed by atoms with Crippen LogP contribution in [-0.2, 0) is 4.79 Å². The highest BCUT2D eigenvalue weighted by molar-refractivity contribution is 6.30. The molecule has 0 bridgehead atoms. The van der Waals surface area contributed by atoms with Gasteiger partial charge in [-0.1, -0.05) is 35.3 Å². The van der Waals surface area contributed by atoms with Gasteiger partial charge in [0, 0.05) is 17.3 Å². The summed E-state index contributed by atoms with van der Waals surface area (Å²) >= 11 is 11.6. The Bertz CT molecular complexity index is 609. The van der Waals surface area contributed by atoms with E-state index in [1.54, 1.807) is 30.3 Å². The van der Waals surface area contributed by atoms with E-state index in [2.05, 4.69) is 10.3 Å². The van der Waals surface area contributed by atoms with Crippen molar-refractivity contribution in [3.63, 3.8) is 0 Å². The Kier molecular flexibility index (Phi) is 4.55. The Morgan fingerprint density at radius 3 is 2.68 bits per heavy atom. The predicted molar refractivity (Wildman–Crippen MR) is 78.4 cm³/mol. The third-order valence-corrected chi connectivity index (χ3v) is 2.71. The fourth-order valence-electron chi connectivity index (χ4n) is 1.40. The first-order valence-corrected chi connectivity index (χ1v) is 6.25. The minimum absolute atomic E-state index is 0.269. The van der Waals surface area contributed by atoms with Crippen LogP contribution in [-0.4, -0.2) is 10.9 Å². The molecule has 0 aliphatic carbocycles. The summed E-state index contributed by atoms with van der Waals surface area (Å²) in [7, 11) is 0. The number of anilines is 1. The maximum Gasteiger partial charge on any atom is 0.249 e. The molecule has 0 radical (unpaired) electrons. The second-order valence-electron chi connectivity index (χ2n) is 3.74. The van der Waals surface area contributed by atoms with Crippen molar-refractivity contribution >= 4 is 41.0 Å². The molecule has 1 heterocycles. The molecule has 0 fully saturated rings. The molecule has 1 N–H and O–H groups in total. The molecule has 0 spiro atoms. The molecule has 96 valence electrons. The van der Waals surface area contributed by atoms with Crippen LogP contribution in [0, 0.1) is 0 Å². The third kappa shape index (κ3) is 4.39. The zero-order chi connectivity index (χ0) is 13.7. The molecule has 0 aliphatic rings. The monoisotopic (exact) mass is 292 g/mol. The van der Waals surface area contributed by atoms with Crippen LogP contribution in [0.2, 0.25) is 10.0 Å². The van der Waals surface area contributed by atoms with Crippen molar-refractivity contribution in [1.82, 2.24) is 4.98 Å². The van der Waals surface area contributed by atoms with E-state index in [-0.39, 0.29) is 5.91 Å². The van der Waals surface area contributed by atoms with Crippen LogP contribution < -0.4 is 5.32 Å². The van der Waals surface area contributed by atoms with E-state index in [0.717, 1.165) is 5.56 Å². The van der Waals surface area contributed by atoms with Crippen LogP contribution >= 0.6 is 23.2 Å². The molecule has 3 nitrogen and oxygen atoms in total. The van der Waals surface area contributed by atoms with Crippen molar-refractivity contribution in [3.8, 4) is 0 Å². The second-order valence-corrected chi connectivity index (χ2v) is 4.61. The first kappa shape index (κ1) is 13.6. The van der Waals surface area contributed by atoms with Crippen molar-refractivity contribution in [1.29, 1.82) is 0 Å². The highest BCUT2D eigenvalue weighted by Gasteiger charge is 1.99. The average Bonchev–Trinajstić information content (AvgIpc) is 2.39. The Labute approximate surface area is 120 Å². The average molecular weight is 293 g/mol. The first-order valence-electron chi connectivity index (χ1n) is 5.50. The van der Waals surface area contributed by atoms with Gasteiger partial charge in [0.1, 0.15) is 5.82 Å². The van der Waals surface area contributed by atoms with Gasteiger partial charge in [-0.3, -0.25) is 4.79 Å². The number of amides is 1. The second kappa shape index (κ2) is 6.36. The molecule has 0 aliphatic heterocycles. The normalized spacial score (nSPS) is 10.6. The number of halogens is 2. The van der Waals surface area contributed by atoms with E-state index in [9.17, 15) is 4.79 Å². The van der Waals surface area contributed by atoms with E-state index in [1.165, 1.54) is 12.3 Å². The van der Waals surface area contributed by atoms with E-state index in [1.807, 2.05) is 12.1 Å². The highest BCUT2D eigenvalue weighted by atomic mass is 35.5. The summed E-state index contributed by atoms with van der Waals surface area (Å²) in [4.78, 5) is 15.6. The molecular formula is C14H10Cl2N2O. The number of aromatic nitrogens is 1. The van der Waals surface area contributed by atoms with Gasteiger partial charge in [-0.2, -0.15) is 0 Å². The summed E-state index contributed by atoms with van der Waals surface area (Å²) in [6.07, 6.45) is 4.57. The minimum Gasteiger partial charge on any atom is -0.307 e. The summed E-state index contributed by atoms with van der Waals surface area (Å²) in [6, 6.07) is 10.5. The Morgan fingerprint density at radius 1 is 1.16 bits per heavy atom. The van der Waals surface area contributed by atoms with E-state index >= 15 is 0 Å². The van der Waals surface area contributed by atoms with E-state index in [0.29, 0.717) is 15.9 Å². The first-order chi connectivity index (χ1) is 9.13. The molecule has 0 atom stereocenters. The quantitative estimate of drug-likeness (QED) is 0.868. The van der Waals surface area contributed by atoms with Gasteiger partial charge in [-0.15, -0.1) is 0 Å². The number of carbonyl (C=O) groups excluding carboxylic acids is 1. The molecule has 2 aromatic rings. The van der Waals surface area contributed by atoms with Crippen molar-refractivity contribution in [2.24, 2.45) is 0 Å². The van der Waals surface area contributed by atoms with Crippen molar-refractivity contribution in [2.75, 3.05) is 5.32 Å². The number of hydrogen-bond donors (Lipinski definition) is 1. The zero-order valence-corrected chi connectivity index (χ0v) is 11.3. The van der Waals surface area contributed by atoms with Crippen LogP contribution in [0.4, 0.5) is 5.82 Å². The topological polar surface area (TPSA) is 42.0 Å². The minimum atomic E-state index is -0.269. The lowest BCUT2D eigenvalue weighted by atomic mass is 10.2. The fourth-order valence-corrected chi connectivity index (χ4v) is 1.71. The fraction of sp³-hybridized carbons (Fsp3) is 0. The van der Waals surface area contributed by atoms with Crippen LogP contribution in [0.15, 0.2) is 48.7 Å². The van der Waals surface area contributed by atoms with Crippen LogP contribution in [0.3, 0.4) is 0 Å². The lowest BCUT2D eigenvalue weighted by molar-refractivity contribution is -0.111. The van der Waals surface area contributed by atoms with Gasteiger partial charge in [0.05, 0.1) is 5.02 Å². The highest BCUT2D eigenvalue weighted by Crippen LogP contribution is 2.12. The molecule has 19 heavy (non-hydrogen) atoms. The number of hydrogen-bond acceptors (Lipinski definition) is 2. The molecule has 1 amide bonds. The molecule has 5 heteroatoms. The van der Waals surface area contributed by atoms with Gasteiger partial charge < -0.3 is 5.32 Å². The van der Waals surface area contributed by atoms with Gasteiger partial charge in [0.25, 0.3) is 0 Å². The molecular weight excluding hydrogens is 283 g/mol. The van der Waals surface area contributed by atoms with Gasteiger partial charge in [0.15, 0.2) is 0 Å². The largest absolute Gasteiger partial charge is 0.307 e. The Hall–Kier alpha value is -1.84. The van der Waals surface area contributed by atoms with E-state index < -0.39 is 0 Å². The summed E-state index contributed by atoms with van der Waals surface area (Å²) in [5, 5.41) is 3.77. The van der Waals surface area contributed by atoms with Gasteiger partial charge in [-0.05, 0) is 35.9 Å².